The molecule has 0 aromatic heterocycles. The summed E-state index contributed by atoms with van der Waals surface area (Å²) in [5, 5.41) is 9.98. The van der Waals surface area contributed by atoms with Crippen molar-refractivity contribution in [2.75, 3.05) is 26.1 Å². The van der Waals surface area contributed by atoms with Gasteiger partial charge in [0.2, 0.25) is 0 Å². The summed E-state index contributed by atoms with van der Waals surface area (Å²) in [5.41, 5.74) is 2.02. The fraction of sp³-hybridized carbons (Fsp3) is 0.167. The molecule has 1 N–H and O–H groups in total. The van der Waals surface area contributed by atoms with Gasteiger partial charge in [-0.25, -0.2) is 0 Å². The number of carbonyl (C=O) groups is 1. The Hall–Kier alpha value is -2.75. The highest BCUT2D eigenvalue weighted by molar-refractivity contribution is 6.08. The van der Waals surface area contributed by atoms with Crippen LogP contribution >= 0.6 is 0 Å². The van der Waals surface area contributed by atoms with E-state index in [0.717, 1.165) is 17.0 Å². The van der Waals surface area contributed by atoms with Crippen molar-refractivity contribution in [2.24, 2.45) is 0 Å². The van der Waals surface area contributed by atoms with E-state index in [9.17, 15) is 9.90 Å². The number of methoxy groups -OCH3 is 1. The Morgan fingerprint density at radius 3 is 2.36 bits per heavy atom. The Bertz CT molecular complexity index is 688. The summed E-state index contributed by atoms with van der Waals surface area (Å²) >= 11 is 0. The minimum Gasteiger partial charge on any atom is -0.507 e. The number of phenolic OH excluding ortho intramolecular Hbond substituents is 1. The molecule has 0 amide bonds. The second-order valence-electron chi connectivity index (χ2n) is 5.07. The number of ether oxygens (including phenoxy) is 1. The van der Waals surface area contributed by atoms with Crippen LogP contribution < -0.4 is 9.64 Å². The molecule has 2 aromatic carbocycles. The first-order valence-electron chi connectivity index (χ1n) is 6.88. The monoisotopic (exact) mass is 297 g/mol. The lowest BCUT2D eigenvalue weighted by Gasteiger charge is -2.13. The number of carbonyl (C=O) groups excluding carboxylic acids is 1. The third kappa shape index (κ3) is 3.67. The van der Waals surface area contributed by atoms with Gasteiger partial charge in [-0.15, -0.1) is 0 Å². The number of phenols is 1. The first-order valence-corrected chi connectivity index (χ1v) is 6.88. The average molecular weight is 297 g/mol. The Balaban J connectivity index is 2.15. The molecule has 4 nitrogen and oxygen atoms in total. The number of anilines is 1. The molecule has 0 fully saturated rings. The van der Waals surface area contributed by atoms with Gasteiger partial charge in [-0.1, -0.05) is 18.2 Å². The number of hydrogen-bond donors (Lipinski definition) is 1. The minimum absolute atomic E-state index is 0.0180. The molecule has 0 aliphatic rings. The van der Waals surface area contributed by atoms with E-state index in [4.69, 9.17) is 4.74 Å². The first kappa shape index (κ1) is 15.6. The molecule has 0 saturated carbocycles. The fourth-order valence-corrected chi connectivity index (χ4v) is 1.98. The van der Waals surface area contributed by atoms with Crippen molar-refractivity contribution >= 4 is 17.5 Å². The quantitative estimate of drug-likeness (QED) is 0.679. The molecule has 0 aliphatic carbocycles. The molecule has 2 aromatic rings. The molecule has 0 bridgehead atoms. The average Bonchev–Trinajstić information content (AvgIpc) is 2.52. The topological polar surface area (TPSA) is 49.8 Å². The van der Waals surface area contributed by atoms with Gasteiger partial charge >= 0.3 is 0 Å². The Morgan fingerprint density at radius 1 is 1.14 bits per heavy atom. The number of nitrogens with zero attached hydrogens (tertiary/aromatic N) is 1. The third-order valence-electron chi connectivity index (χ3n) is 3.31. The number of ketones is 1. The van der Waals surface area contributed by atoms with Crippen molar-refractivity contribution < 1.29 is 14.6 Å². The summed E-state index contributed by atoms with van der Waals surface area (Å²) in [6.07, 6.45) is 3.16. The molecule has 4 heteroatoms. The Morgan fingerprint density at radius 2 is 1.82 bits per heavy atom. The van der Waals surface area contributed by atoms with Crippen LogP contribution in [0.3, 0.4) is 0 Å². The standard InChI is InChI=1S/C18H19NO3/c1-19(2)14-7-10-16(18(21)12-14)17(20)11-6-13-4-8-15(22-3)9-5-13/h4-12,21H,1-3H3/b11-6+. The van der Waals surface area contributed by atoms with Crippen molar-refractivity contribution in [1.82, 2.24) is 0 Å². The molecule has 0 atom stereocenters. The Kier molecular flexibility index (Phi) is 4.84. The normalized spacial score (nSPS) is 10.7. The van der Waals surface area contributed by atoms with Crippen LogP contribution in [0.1, 0.15) is 15.9 Å². The van der Waals surface area contributed by atoms with Gasteiger partial charge in [-0.2, -0.15) is 0 Å². The smallest absolute Gasteiger partial charge is 0.189 e. The van der Waals surface area contributed by atoms with E-state index in [1.54, 1.807) is 31.4 Å². The van der Waals surface area contributed by atoms with E-state index >= 15 is 0 Å². The van der Waals surface area contributed by atoms with Crippen LogP contribution in [0.25, 0.3) is 6.08 Å². The lowest BCUT2D eigenvalue weighted by Crippen LogP contribution is -2.08. The molecule has 0 spiro atoms. The third-order valence-corrected chi connectivity index (χ3v) is 3.31. The molecule has 0 radical (unpaired) electrons. The van der Waals surface area contributed by atoms with Crippen LogP contribution in [0.15, 0.2) is 48.5 Å². The molecule has 0 unspecified atom stereocenters. The zero-order valence-corrected chi connectivity index (χ0v) is 12.9. The number of benzene rings is 2. The Labute approximate surface area is 130 Å². The van der Waals surface area contributed by atoms with Gasteiger partial charge in [0.25, 0.3) is 0 Å². The van der Waals surface area contributed by atoms with Crippen LogP contribution in [0.2, 0.25) is 0 Å². The van der Waals surface area contributed by atoms with E-state index in [0.29, 0.717) is 0 Å². The van der Waals surface area contributed by atoms with E-state index < -0.39 is 0 Å². The van der Waals surface area contributed by atoms with Crippen LogP contribution in [0.5, 0.6) is 11.5 Å². The van der Waals surface area contributed by atoms with E-state index in [1.807, 2.05) is 43.3 Å². The number of allylic oxidation sites excluding steroid dienone is 1. The van der Waals surface area contributed by atoms with E-state index in [-0.39, 0.29) is 17.1 Å². The molecule has 0 aliphatic heterocycles. The van der Waals surface area contributed by atoms with Crippen molar-refractivity contribution in [1.29, 1.82) is 0 Å². The molecule has 0 saturated heterocycles. The van der Waals surface area contributed by atoms with Gasteiger partial charge in [-0.3, -0.25) is 4.79 Å². The van der Waals surface area contributed by atoms with E-state index in [1.165, 1.54) is 6.08 Å². The zero-order chi connectivity index (χ0) is 16.1. The second kappa shape index (κ2) is 6.80. The molecular formula is C18H19NO3. The maximum atomic E-state index is 12.2. The van der Waals surface area contributed by atoms with Gasteiger partial charge < -0.3 is 14.7 Å². The second-order valence-corrected chi connectivity index (χ2v) is 5.07. The lowest BCUT2D eigenvalue weighted by atomic mass is 10.1. The summed E-state index contributed by atoms with van der Waals surface area (Å²) in [6, 6.07) is 12.4. The highest BCUT2D eigenvalue weighted by atomic mass is 16.5. The van der Waals surface area contributed by atoms with Crippen LogP contribution in [-0.4, -0.2) is 32.1 Å². The molecule has 0 heterocycles. The van der Waals surface area contributed by atoms with Gasteiger partial charge in [0.15, 0.2) is 5.78 Å². The minimum atomic E-state index is -0.237. The lowest BCUT2D eigenvalue weighted by molar-refractivity contribution is 0.104. The maximum absolute atomic E-state index is 12.2. The summed E-state index contributed by atoms with van der Waals surface area (Å²) < 4.78 is 5.08. The maximum Gasteiger partial charge on any atom is 0.189 e. The van der Waals surface area contributed by atoms with Crippen molar-refractivity contribution in [3.63, 3.8) is 0 Å². The van der Waals surface area contributed by atoms with Crippen molar-refractivity contribution in [2.45, 2.75) is 0 Å². The molecule has 22 heavy (non-hydrogen) atoms. The summed E-state index contributed by atoms with van der Waals surface area (Å²) in [7, 11) is 5.36. The van der Waals surface area contributed by atoms with Crippen LogP contribution in [0, 0.1) is 0 Å². The first-order chi connectivity index (χ1) is 10.5. The van der Waals surface area contributed by atoms with Gasteiger partial charge in [0.05, 0.1) is 12.7 Å². The molecule has 2 rings (SSSR count). The summed E-state index contributed by atoms with van der Waals surface area (Å²) in [6.45, 7) is 0. The molecular weight excluding hydrogens is 278 g/mol. The summed E-state index contributed by atoms with van der Waals surface area (Å²) in [4.78, 5) is 14.0. The summed E-state index contributed by atoms with van der Waals surface area (Å²) in [5.74, 6) is 0.509. The molecule has 114 valence electrons. The van der Waals surface area contributed by atoms with E-state index in [2.05, 4.69) is 0 Å². The van der Waals surface area contributed by atoms with Crippen LogP contribution in [0.4, 0.5) is 5.69 Å². The highest BCUT2D eigenvalue weighted by Gasteiger charge is 2.09. The van der Waals surface area contributed by atoms with Crippen molar-refractivity contribution in [3.05, 3.63) is 59.7 Å². The van der Waals surface area contributed by atoms with Crippen molar-refractivity contribution in [3.8, 4) is 11.5 Å². The number of hydrogen-bond acceptors (Lipinski definition) is 4. The predicted octanol–water partition coefficient (Wildman–Crippen LogP) is 3.36. The fourth-order valence-electron chi connectivity index (χ4n) is 1.98. The largest absolute Gasteiger partial charge is 0.507 e. The number of rotatable bonds is 5. The predicted molar refractivity (Wildman–Crippen MR) is 88.8 cm³/mol. The van der Waals surface area contributed by atoms with Gasteiger partial charge in [0.1, 0.15) is 11.5 Å². The SMILES string of the molecule is COc1ccc(/C=C/C(=O)c2ccc(N(C)C)cc2O)cc1. The van der Waals surface area contributed by atoms with Crippen LogP contribution in [-0.2, 0) is 0 Å². The number of aromatic hydroxyl groups is 1. The zero-order valence-electron chi connectivity index (χ0n) is 12.9. The van der Waals surface area contributed by atoms with Gasteiger partial charge in [-0.05, 0) is 35.9 Å². The highest BCUT2D eigenvalue weighted by Crippen LogP contribution is 2.24. The van der Waals surface area contributed by atoms with Gasteiger partial charge in [0, 0.05) is 25.8 Å².